The van der Waals surface area contributed by atoms with Crippen LogP contribution >= 0.6 is 8.25 Å². The van der Waals surface area contributed by atoms with E-state index in [1.807, 2.05) is 0 Å². The predicted molar refractivity (Wildman–Crippen MR) is 71.4 cm³/mol. The summed E-state index contributed by atoms with van der Waals surface area (Å²) < 4.78 is 22.4. The van der Waals surface area contributed by atoms with Crippen molar-refractivity contribution < 1.29 is 23.8 Å². The number of nitrogen functional groups attached to an aromatic ring is 1. The Bertz CT molecular complexity index is 679. The minimum Gasteiger partial charge on any atom is -0.390 e. The molecule has 0 aliphatic carbocycles. The average Bonchev–Trinajstić information content (AvgIpc) is 3.01. The van der Waals surface area contributed by atoms with E-state index >= 15 is 0 Å². The molecule has 4 atom stereocenters. The van der Waals surface area contributed by atoms with E-state index in [0.29, 0.717) is 11.2 Å². The minimum atomic E-state index is -3.05. The molecule has 1 aliphatic heterocycles. The fourth-order valence-electron chi connectivity index (χ4n) is 2.27. The molecule has 0 spiro atoms. The van der Waals surface area contributed by atoms with E-state index in [1.54, 1.807) is 4.57 Å². The molecule has 2 aromatic rings. The number of fused-ring (bicyclic) bond motifs is 1. The summed E-state index contributed by atoms with van der Waals surface area (Å²) in [7, 11) is -3.05. The number of aliphatic hydroxyl groups excluding tert-OH is 1. The summed E-state index contributed by atoms with van der Waals surface area (Å²) in [6, 6.07) is 0. The van der Waals surface area contributed by atoms with Crippen LogP contribution in [0.1, 0.15) is 12.6 Å². The molecule has 3 heterocycles. The van der Waals surface area contributed by atoms with Gasteiger partial charge in [-0.25, -0.2) is 15.0 Å². The fraction of sp³-hybridized carbons (Fsp3) is 0.500. The van der Waals surface area contributed by atoms with Gasteiger partial charge in [-0.05, 0) is 0 Å². The van der Waals surface area contributed by atoms with Gasteiger partial charge in [-0.2, -0.15) is 0 Å². The number of ether oxygens (including phenoxy) is 1. The first-order valence-electron chi connectivity index (χ1n) is 6.18. The summed E-state index contributed by atoms with van der Waals surface area (Å²) >= 11 is 0. The third-order valence-electron chi connectivity index (χ3n) is 3.27. The molecule has 0 aromatic carbocycles. The molecule has 11 heteroatoms. The topological polar surface area (TPSA) is 146 Å². The number of aromatic nitrogens is 4. The van der Waals surface area contributed by atoms with Gasteiger partial charge in [0.2, 0.25) is 0 Å². The molecule has 0 amide bonds. The quantitative estimate of drug-likeness (QED) is 0.633. The van der Waals surface area contributed by atoms with Crippen LogP contribution in [0.2, 0.25) is 0 Å². The average molecular weight is 315 g/mol. The largest absolute Gasteiger partial charge is 0.390 e. The first-order valence-corrected chi connectivity index (χ1v) is 7.45. The van der Waals surface area contributed by atoms with Crippen molar-refractivity contribution in [2.75, 3.05) is 12.3 Å². The highest BCUT2D eigenvalue weighted by atomic mass is 31.1. The van der Waals surface area contributed by atoms with E-state index in [0.717, 1.165) is 0 Å². The summed E-state index contributed by atoms with van der Waals surface area (Å²) in [6.45, 7) is -0.157. The van der Waals surface area contributed by atoms with Crippen molar-refractivity contribution in [2.45, 2.75) is 24.9 Å². The zero-order chi connectivity index (χ0) is 15.0. The van der Waals surface area contributed by atoms with Crippen LogP contribution in [0.25, 0.3) is 11.2 Å². The second-order valence-electron chi connectivity index (χ2n) is 4.59. The van der Waals surface area contributed by atoms with E-state index in [2.05, 4.69) is 19.5 Å². The van der Waals surface area contributed by atoms with Crippen molar-refractivity contribution in [1.29, 1.82) is 0 Å². The van der Waals surface area contributed by atoms with Crippen molar-refractivity contribution in [3.63, 3.8) is 0 Å². The van der Waals surface area contributed by atoms with Gasteiger partial charge in [-0.3, -0.25) is 9.13 Å². The molecule has 0 bridgehead atoms. The van der Waals surface area contributed by atoms with Crippen molar-refractivity contribution >= 4 is 25.2 Å². The molecule has 21 heavy (non-hydrogen) atoms. The second-order valence-corrected chi connectivity index (χ2v) is 5.41. The summed E-state index contributed by atoms with van der Waals surface area (Å²) in [5, 5.41) is 9.93. The van der Waals surface area contributed by atoms with Gasteiger partial charge in [0.05, 0.1) is 19.0 Å². The van der Waals surface area contributed by atoms with Crippen LogP contribution in [0.3, 0.4) is 0 Å². The van der Waals surface area contributed by atoms with E-state index < -0.39 is 26.7 Å². The first-order chi connectivity index (χ1) is 10.1. The maximum atomic E-state index is 10.6. The van der Waals surface area contributed by atoms with Crippen molar-refractivity contribution in [2.24, 2.45) is 0 Å². The highest BCUT2D eigenvalue weighted by Gasteiger charge is 2.36. The van der Waals surface area contributed by atoms with Crippen LogP contribution in [0.5, 0.6) is 0 Å². The highest BCUT2D eigenvalue weighted by Crippen LogP contribution is 2.32. The molecule has 0 saturated carbocycles. The lowest BCUT2D eigenvalue weighted by atomic mass is 10.2. The Kier molecular flexibility index (Phi) is 3.87. The molecule has 1 unspecified atom stereocenters. The third kappa shape index (κ3) is 2.76. The van der Waals surface area contributed by atoms with Gasteiger partial charge in [-0.1, -0.05) is 0 Å². The lowest BCUT2D eigenvalue weighted by Crippen LogP contribution is -2.25. The third-order valence-corrected chi connectivity index (χ3v) is 3.69. The number of imidazole rings is 1. The fourth-order valence-corrected chi connectivity index (χ4v) is 2.58. The number of aliphatic hydroxyl groups is 1. The molecule has 2 aromatic heterocycles. The van der Waals surface area contributed by atoms with Crippen LogP contribution < -0.4 is 5.73 Å². The molecule has 114 valence electrons. The Balaban J connectivity index is 1.81. The van der Waals surface area contributed by atoms with Gasteiger partial charge in [-0.15, -0.1) is 0 Å². The summed E-state index contributed by atoms with van der Waals surface area (Å²) in [5.74, 6) is 0.260. The standard InChI is InChI=1S/C10H14N5O5P/c11-9-8-10(13-3-12-9)15(4-14-8)7-1-5(16)6(20-7)2-19-21(17)18/h3-7,16,21H,1-2H2,(H,17,18)(H2,11,12,13)/t5-,6-,7-/m0/s1. The van der Waals surface area contributed by atoms with E-state index in [-0.39, 0.29) is 18.8 Å². The maximum absolute atomic E-state index is 10.6. The van der Waals surface area contributed by atoms with Crippen LogP contribution in [0, 0.1) is 0 Å². The van der Waals surface area contributed by atoms with Gasteiger partial charge >= 0.3 is 8.25 Å². The summed E-state index contributed by atoms with van der Waals surface area (Å²) in [6.07, 6.45) is 1.11. The zero-order valence-corrected chi connectivity index (χ0v) is 11.8. The normalized spacial score (nSPS) is 27.2. The Hall–Kier alpha value is -1.58. The molecule has 1 saturated heterocycles. The number of hydrogen-bond acceptors (Lipinski definition) is 8. The molecule has 4 N–H and O–H groups in total. The molecule has 3 rings (SSSR count). The Labute approximate surface area is 119 Å². The zero-order valence-electron chi connectivity index (χ0n) is 10.8. The first kappa shape index (κ1) is 14.4. The minimum absolute atomic E-state index is 0.157. The second kappa shape index (κ2) is 5.66. The monoisotopic (exact) mass is 315 g/mol. The van der Waals surface area contributed by atoms with Crippen molar-refractivity contribution in [3.8, 4) is 0 Å². The summed E-state index contributed by atoms with van der Waals surface area (Å²) in [5.41, 5.74) is 6.66. The van der Waals surface area contributed by atoms with Gasteiger partial charge < -0.3 is 25.0 Å². The smallest absolute Gasteiger partial charge is 0.316 e. The Morgan fingerprint density at radius 1 is 1.52 bits per heavy atom. The molecular formula is C10H14N5O5P. The van der Waals surface area contributed by atoms with Gasteiger partial charge in [0.25, 0.3) is 0 Å². The lowest BCUT2D eigenvalue weighted by molar-refractivity contribution is -0.0384. The predicted octanol–water partition coefficient (Wildman–Crippen LogP) is -0.545. The molecule has 10 nitrogen and oxygen atoms in total. The lowest BCUT2D eigenvalue weighted by Gasteiger charge is -2.14. The van der Waals surface area contributed by atoms with Gasteiger partial charge in [0, 0.05) is 6.42 Å². The van der Waals surface area contributed by atoms with Crippen molar-refractivity contribution in [1.82, 2.24) is 19.5 Å². The maximum Gasteiger partial charge on any atom is 0.316 e. The van der Waals surface area contributed by atoms with Gasteiger partial charge in [0.15, 0.2) is 11.5 Å². The molecule has 1 fully saturated rings. The molecule has 1 aliphatic rings. The van der Waals surface area contributed by atoms with Crippen LogP contribution in [-0.4, -0.2) is 48.3 Å². The molecular weight excluding hydrogens is 301 g/mol. The van der Waals surface area contributed by atoms with Crippen LogP contribution in [-0.2, 0) is 13.8 Å². The van der Waals surface area contributed by atoms with Crippen molar-refractivity contribution in [3.05, 3.63) is 12.7 Å². The van der Waals surface area contributed by atoms with E-state index in [1.165, 1.54) is 12.7 Å². The number of nitrogens with zero attached hydrogens (tertiary/aromatic N) is 4. The van der Waals surface area contributed by atoms with Crippen LogP contribution in [0.15, 0.2) is 12.7 Å². The SMILES string of the molecule is Nc1ncnc2c1ncn2[C@@H]1C[C@H](O)[C@H](CO[PH](=O)O)O1. The van der Waals surface area contributed by atoms with E-state index in [9.17, 15) is 9.67 Å². The number of hydrogen-bond donors (Lipinski definition) is 3. The highest BCUT2D eigenvalue weighted by molar-refractivity contribution is 7.32. The Morgan fingerprint density at radius 3 is 3.10 bits per heavy atom. The van der Waals surface area contributed by atoms with Gasteiger partial charge in [0.1, 0.15) is 24.2 Å². The van der Waals surface area contributed by atoms with Crippen LogP contribution in [0.4, 0.5) is 5.82 Å². The molecule has 0 radical (unpaired) electrons. The number of anilines is 1. The number of nitrogens with two attached hydrogens (primary N) is 1. The Morgan fingerprint density at radius 2 is 2.33 bits per heavy atom. The summed E-state index contributed by atoms with van der Waals surface area (Å²) in [4.78, 5) is 20.7. The van der Waals surface area contributed by atoms with E-state index in [4.69, 9.17) is 15.4 Å². The number of rotatable bonds is 4.